The van der Waals surface area contributed by atoms with Crippen molar-refractivity contribution in [1.82, 2.24) is 0 Å². The van der Waals surface area contributed by atoms with Crippen molar-refractivity contribution in [3.8, 4) is 5.75 Å². The topological polar surface area (TPSA) is 18.5 Å². The van der Waals surface area contributed by atoms with Crippen LogP contribution in [0.25, 0.3) is 0 Å². The molecule has 1 aromatic carbocycles. The normalized spacial score (nSPS) is 17.7. The van der Waals surface area contributed by atoms with E-state index in [1.54, 1.807) is 13.0 Å². The van der Waals surface area contributed by atoms with Crippen LogP contribution < -0.4 is 4.74 Å². The van der Waals surface area contributed by atoms with Gasteiger partial charge in [-0.1, -0.05) is 6.07 Å². The molecule has 1 aliphatic heterocycles. The van der Waals surface area contributed by atoms with Gasteiger partial charge in [-0.3, -0.25) is 0 Å². The second-order valence-electron chi connectivity index (χ2n) is 3.84. The Morgan fingerprint density at radius 3 is 2.73 bits per heavy atom. The minimum atomic E-state index is -0.209. The van der Waals surface area contributed by atoms with E-state index in [0.29, 0.717) is 11.3 Å². The van der Waals surface area contributed by atoms with Crippen molar-refractivity contribution in [3.05, 3.63) is 29.6 Å². The molecule has 15 heavy (non-hydrogen) atoms. The van der Waals surface area contributed by atoms with E-state index in [1.807, 2.05) is 6.07 Å². The summed E-state index contributed by atoms with van der Waals surface area (Å²) in [5.41, 5.74) is 0.648. The van der Waals surface area contributed by atoms with Gasteiger partial charge in [0.2, 0.25) is 0 Å². The minimum absolute atomic E-state index is 0.167. The number of hydrogen-bond donors (Lipinski definition) is 0. The lowest BCUT2D eigenvalue weighted by Gasteiger charge is -2.23. The highest BCUT2D eigenvalue weighted by Gasteiger charge is 2.15. The summed E-state index contributed by atoms with van der Waals surface area (Å²) in [6.45, 7) is 3.21. The van der Waals surface area contributed by atoms with E-state index in [-0.39, 0.29) is 11.9 Å². The van der Waals surface area contributed by atoms with E-state index in [4.69, 9.17) is 9.47 Å². The van der Waals surface area contributed by atoms with Crippen LogP contribution >= 0.6 is 0 Å². The number of aryl methyl sites for hydroxylation is 1. The standard InChI is InChI=1S/C12H15FO2/c1-9-2-3-11(8-12(9)13)15-10-4-6-14-7-5-10/h2-3,8,10H,4-7H2,1H3. The lowest BCUT2D eigenvalue weighted by molar-refractivity contribution is 0.0254. The van der Waals surface area contributed by atoms with Crippen molar-refractivity contribution < 1.29 is 13.9 Å². The fourth-order valence-electron chi connectivity index (χ4n) is 1.63. The molecular weight excluding hydrogens is 195 g/mol. The van der Waals surface area contributed by atoms with Gasteiger partial charge in [0, 0.05) is 18.9 Å². The molecule has 82 valence electrons. The Hall–Kier alpha value is -1.09. The molecule has 1 aromatic rings. The van der Waals surface area contributed by atoms with Crippen molar-refractivity contribution in [2.24, 2.45) is 0 Å². The van der Waals surface area contributed by atoms with E-state index in [0.717, 1.165) is 26.1 Å². The summed E-state index contributed by atoms with van der Waals surface area (Å²) in [7, 11) is 0. The van der Waals surface area contributed by atoms with Gasteiger partial charge >= 0.3 is 0 Å². The first-order chi connectivity index (χ1) is 7.25. The third-order valence-electron chi connectivity index (χ3n) is 2.61. The molecule has 0 radical (unpaired) electrons. The van der Waals surface area contributed by atoms with Gasteiger partial charge < -0.3 is 9.47 Å². The van der Waals surface area contributed by atoms with Crippen LogP contribution in [0.15, 0.2) is 18.2 Å². The second kappa shape index (κ2) is 4.62. The predicted molar refractivity (Wildman–Crippen MR) is 55.6 cm³/mol. The molecule has 2 nitrogen and oxygen atoms in total. The molecule has 0 amide bonds. The van der Waals surface area contributed by atoms with E-state index in [1.165, 1.54) is 6.07 Å². The molecule has 0 unspecified atom stereocenters. The van der Waals surface area contributed by atoms with Crippen molar-refractivity contribution in [3.63, 3.8) is 0 Å². The number of ether oxygens (including phenoxy) is 2. The molecule has 1 aliphatic rings. The van der Waals surface area contributed by atoms with Crippen LogP contribution in [0.4, 0.5) is 4.39 Å². The highest BCUT2D eigenvalue weighted by Crippen LogP contribution is 2.20. The molecule has 0 spiro atoms. The quantitative estimate of drug-likeness (QED) is 0.747. The highest BCUT2D eigenvalue weighted by molar-refractivity contribution is 5.28. The summed E-state index contributed by atoms with van der Waals surface area (Å²) >= 11 is 0. The lowest BCUT2D eigenvalue weighted by Crippen LogP contribution is -2.25. The van der Waals surface area contributed by atoms with E-state index >= 15 is 0 Å². The van der Waals surface area contributed by atoms with Gasteiger partial charge in [-0.15, -0.1) is 0 Å². The fraction of sp³-hybridized carbons (Fsp3) is 0.500. The Morgan fingerprint density at radius 1 is 1.33 bits per heavy atom. The third-order valence-corrected chi connectivity index (χ3v) is 2.61. The zero-order chi connectivity index (χ0) is 10.7. The summed E-state index contributed by atoms with van der Waals surface area (Å²) in [5.74, 6) is 0.407. The Bertz CT molecular complexity index is 332. The Morgan fingerprint density at radius 2 is 2.07 bits per heavy atom. The number of halogens is 1. The van der Waals surface area contributed by atoms with Crippen LogP contribution in [0.5, 0.6) is 5.75 Å². The molecule has 0 aliphatic carbocycles. The average Bonchev–Trinajstić information content (AvgIpc) is 2.25. The Kier molecular flexibility index (Phi) is 3.21. The van der Waals surface area contributed by atoms with Crippen LogP contribution in [0, 0.1) is 12.7 Å². The van der Waals surface area contributed by atoms with Gasteiger partial charge in [0.05, 0.1) is 13.2 Å². The molecule has 0 N–H and O–H groups in total. The SMILES string of the molecule is Cc1ccc(OC2CCOCC2)cc1F. The van der Waals surface area contributed by atoms with Gasteiger partial charge in [-0.2, -0.15) is 0 Å². The van der Waals surface area contributed by atoms with Crippen molar-refractivity contribution in [2.45, 2.75) is 25.9 Å². The first kappa shape index (κ1) is 10.4. The highest BCUT2D eigenvalue weighted by atomic mass is 19.1. The molecule has 1 saturated heterocycles. The molecule has 0 bridgehead atoms. The second-order valence-corrected chi connectivity index (χ2v) is 3.84. The summed E-state index contributed by atoms with van der Waals surface area (Å²) < 4.78 is 24.1. The maximum Gasteiger partial charge on any atom is 0.129 e. The van der Waals surface area contributed by atoms with E-state index in [2.05, 4.69) is 0 Å². The van der Waals surface area contributed by atoms with Crippen molar-refractivity contribution in [1.29, 1.82) is 0 Å². The third kappa shape index (κ3) is 2.69. The fourth-order valence-corrected chi connectivity index (χ4v) is 1.63. The Labute approximate surface area is 89.0 Å². The molecule has 1 heterocycles. The maximum atomic E-state index is 13.2. The molecule has 0 saturated carbocycles. The van der Waals surface area contributed by atoms with Crippen molar-refractivity contribution in [2.75, 3.05) is 13.2 Å². The zero-order valence-corrected chi connectivity index (χ0v) is 8.83. The maximum absolute atomic E-state index is 13.2. The van der Waals surface area contributed by atoms with Crippen LogP contribution in [-0.2, 0) is 4.74 Å². The van der Waals surface area contributed by atoms with E-state index < -0.39 is 0 Å². The summed E-state index contributed by atoms with van der Waals surface area (Å²) in [4.78, 5) is 0. The van der Waals surface area contributed by atoms with Crippen LogP contribution in [-0.4, -0.2) is 19.3 Å². The number of rotatable bonds is 2. The lowest BCUT2D eigenvalue weighted by atomic mass is 10.1. The summed E-state index contributed by atoms with van der Waals surface area (Å²) in [6, 6.07) is 5.00. The number of benzene rings is 1. The predicted octanol–water partition coefficient (Wildman–Crippen LogP) is 2.69. The van der Waals surface area contributed by atoms with Gasteiger partial charge in [0.25, 0.3) is 0 Å². The van der Waals surface area contributed by atoms with Gasteiger partial charge in [0.15, 0.2) is 0 Å². The van der Waals surface area contributed by atoms with E-state index in [9.17, 15) is 4.39 Å². The van der Waals surface area contributed by atoms with Crippen LogP contribution in [0.2, 0.25) is 0 Å². The average molecular weight is 210 g/mol. The van der Waals surface area contributed by atoms with Gasteiger partial charge in [0.1, 0.15) is 17.7 Å². The molecule has 0 aromatic heterocycles. The Balaban J connectivity index is 2.00. The first-order valence-corrected chi connectivity index (χ1v) is 5.26. The molecule has 2 rings (SSSR count). The molecule has 3 heteroatoms. The summed E-state index contributed by atoms with van der Waals surface area (Å²) in [5, 5.41) is 0. The zero-order valence-electron chi connectivity index (χ0n) is 8.83. The van der Waals surface area contributed by atoms with Crippen molar-refractivity contribution >= 4 is 0 Å². The first-order valence-electron chi connectivity index (χ1n) is 5.26. The van der Waals surface area contributed by atoms with Gasteiger partial charge in [-0.05, 0) is 18.6 Å². The van der Waals surface area contributed by atoms with Crippen LogP contribution in [0.3, 0.4) is 0 Å². The minimum Gasteiger partial charge on any atom is -0.490 e. The molecule has 1 fully saturated rings. The monoisotopic (exact) mass is 210 g/mol. The largest absolute Gasteiger partial charge is 0.490 e. The van der Waals surface area contributed by atoms with Crippen LogP contribution in [0.1, 0.15) is 18.4 Å². The molecular formula is C12H15FO2. The summed E-state index contributed by atoms with van der Waals surface area (Å²) in [6.07, 6.45) is 1.94. The smallest absolute Gasteiger partial charge is 0.129 e. The van der Waals surface area contributed by atoms with Gasteiger partial charge in [-0.25, -0.2) is 4.39 Å². The number of hydrogen-bond acceptors (Lipinski definition) is 2. The molecule has 0 atom stereocenters.